The van der Waals surface area contributed by atoms with Gasteiger partial charge in [0.15, 0.2) is 5.58 Å². The molecule has 45 heavy (non-hydrogen) atoms. The number of pyridine rings is 1. The predicted octanol–water partition coefficient (Wildman–Crippen LogP) is 9.29. The molecule has 2 unspecified atom stereocenters. The fraction of sp³-hybridized carbons (Fsp3) is 0.0500. The van der Waals surface area contributed by atoms with Crippen molar-refractivity contribution in [2.75, 3.05) is 0 Å². The summed E-state index contributed by atoms with van der Waals surface area (Å²) in [7, 11) is 0. The highest BCUT2D eigenvalue weighted by Gasteiger charge is 2.28. The van der Waals surface area contributed by atoms with Gasteiger partial charge in [-0.3, -0.25) is 10.3 Å². The summed E-state index contributed by atoms with van der Waals surface area (Å²) in [6, 6.07) is 48.7. The van der Waals surface area contributed by atoms with E-state index in [1.165, 1.54) is 21.5 Å². The quantitative estimate of drug-likeness (QED) is 0.218. The number of nitrogens with one attached hydrogen (secondary N) is 2. The van der Waals surface area contributed by atoms with Gasteiger partial charge >= 0.3 is 0 Å². The van der Waals surface area contributed by atoms with Crippen molar-refractivity contribution in [3.8, 4) is 11.1 Å². The Kier molecular flexibility index (Phi) is 5.96. The van der Waals surface area contributed by atoms with Crippen LogP contribution in [0.15, 0.2) is 155 Å². The first-order valence-corrected chi connectivity index (χ1v) is 15.2. The fourth-order valence-corrected chi connectivity index (χ4v) is 6.54. The standard InChI is InChI=1S/C40H28N4O/c1-2-11-27(12-3-1)38-42-39(31-19-17-26-10-5-7-14-29(26)24-31)44-40(43-38)33-21-20-32(30-18-16-25-9-4-6-13-28(25)23-30)37-35(33)36-34(45-37)15-8-22-41-36/h1-24,38-39,42H,(H,43,44). The molecule has 8 aromatic rings. The van der Waals surface area contributed by atoms with Gasteiger partial charge in [0.25, 0.3) is 0 Å². The molecular weight excluding hydrogens is 552 g/mol. The van der Waals surface area contributed by atoms with Gasteiger partial charge in [0.1, 0.15) is 29.3 Å². The fourth-order valence-electron chi connectivity index (χ4n) is 6.54. The predicted molar refractivity (Wildman–Crippen MR) is 183 cm³/mol. The van der Waals surface area contributed by atoms with Crippen LogP contribution in [0.1, 0.15) is 29.0 Å². The van der Waals surface area contributed by atoms with E-state index in [4.69, 9.17) is 14.4 Å². The van der Waals surface area contributed by atoms with Crippen molar-refractivity contribution in [3.63, 3.8) is 0 Å². The Hall–Kier alpha value is -5.78. The molecule has 0 amide bonds. The molecule has 0 radical (unpaired) electrons. The van der Waals surface area contributed by atoms with E-state index in [0.29, 0.717) is 0 Å². The molecule has 0 aliphatic carbocycles. The monoisotopic (exact) mass is 580 g/mol. The minimum atomic E-state index is -0.266. The molecule has 1 aliphatic heterocycles. The van der Waals surface area contributed by atoms with Crippen molar-refractivity contribution >= 4 is 49.4 Å². The molecule has 2 aromatic heterocycles. The third-order valence-corrected chi connectivity index (χ3v) is 8.78. The van der Waals surface area contributed by atoms with Crippen LogP contribution in [0.5, 0.6) is 0 Å². The summed E-state index contributed by atoms with van der Waals surface area (Å²) >= 11 is 0. The highest BCUT2D eigenvalue weighted by Crippen LogP contribution is 2.39. The lowest BCUT2D eigenvalue weighted by Gasteiger charge is -2.32. The van der Waals surface area contributed by atoms with E-state index in [1.54, 1.807) is 0 Å². The number of hydrogen-bond donors (Lipinski definition) is 2. The van der Waals surface area contributed by atoms with Gasteiger partial charge < -0.3 is 9.73 Å². The first kappa shape index (κ1) is 25.7. The zero-order valence-corrected chi connectivity index (χ0v) is 24.3. The van der Waals surface area contributed by atoms with Gasteiger partial charge in [-0.1, -0.05) is 103 Å². The van der Waals surface area contributed by atoms with Crippen LogP contribution >= 0.6 is 0 Å². The molecule has 9 rings (SSSR count). The summed E-state index contributed by atoms with van der Waals surface area (Å²) in [5, 5.41) is 13.2. The third-order valence-electron chi connectivity index (χ3n) is 8.78. The SMILES string of the molecule is c1ccc(C2NC(c3ccc(-c4ccc5ccccc5c4)c4oc5cccnc5c34)=NC(c3ccc4ccccc4c3)N2)cc1. The molecule has 5 nitrogen and oxygen atoms in total. The Morgan fingerprint density at radius 3 is 2.11 bits per heavy atom. The molecule has 0 bridgehead atoms. The van der Waals surface area contributed by atoms with Crippen LogP contribution in [0.25, 0.3) is 54.7 Å². The van der Waals surface area contributed by atoms with Gasteiger partial charge in [0.05, 0.1) is 5.39 Å². The summed E-state index contributed by atoms with van der Waals surface area (Å²) in [6.07, 6.45) is 1.40. The second kappa shape index (κ2) is 10.4. The van der Waals surface area contributed by atoms with E-state index in [-0.39, 0.29) is 12.3 Å². The summed E-state index contributed by atoms with van der Waals surface area (Å²) in [5.74, 6) is 0.796. The molecule has 2 atom stereocenters. The molecule has 1 aliphatic rings. The molecule has 0 saturated heterocycles. The maximum atomic E-state index is 6.59. The minimum absolute atomic E-state index is 0.156. The van der Waals surface area contributed by atoms with E-state index in [2.05, 4.69) is 132 Å². The number of hydrogen-bond acceptors (Lipinski definition) is 5. The number of aromatic nitrogens is 1. The largest absolute Gasteiger partial charge is 0.454 e. The van der Waals surface area contributed by atoms with E-state index in [0.717, 1.165) is 55.7 Å². The van der Waals surface area contributed by atoms with Crippen molar-refractivity contribution in [2.45, 2.75) is 12.3 Å². The number of furan rings is 1. The van der Waals surface area contributed by atoms with Crippen LogP contribution in [0, 0.1) is 0 Å². The molecule has 214 valence electrons. The Balaban J connectivity index is 1.25. The zero-order valence-electron chi connectivity index (χ0n) is 24.3. The van der Waals surface area contributed by atoms with Crippen LogP contribution in [-0.2, 0) is 0 Å². The van der Waals surface area contributed by atoms with Crippen molar-refractivity contribution < 1.29 is 4.42 Å². The highest BCUT2D eigenvalue weighted by atomic mass is 16.3. The van der Waals surface area contributed by atoms with Crippen molar-refractivity contribution in [2.24, 2.45) is 4.99 Å². The van der Waals surface area contributed by atoms with Crippen LogP contribution in [0.4, 0.5) is 0 Å². The second-order valence-electron chi connectivity index (χ2n) is 11.5. The Bertz CT molecular complexity index is 2410. The lowest BCUT2D eigenvalue weighted by Crippen LogP contribution is -2.45. The molecule has 3 heterocycles. The molecule has 5 heteroatoms. The smallest absolute Gasteiger partial charge is 0.153 e. The van der Waals surface area contributed by atoms with Gasteiger partial charge in [0.2, 0.25) is 0 Å². The average Bonchev–Trinajstić information content (AvgIpc) is 3.51. The molecule has 0 fully saturated rings. The number of nitrogens with zero attached hydrogens (tertiary/aromatic N) is 2. The first-order valence-electron chi connectivity index (χ1n) is 15.2. The number of fused-ring (bicyclic) bond motifs is 5. The Morgan fingerprint density at radius 1 is 0.578 bits per heavy atom. The first-order chi connectivity index (χ1) is 22.3. The van der Waals surface area contributed by atoms with Gasteiger partial charge in [-0.25, -0.2) is 4.99 Å². The van der Waals surface area contributed by atoms with E-state index in [1.807, 2.05) is 24.4 Å². The summed E-state index contributed by atoms with van der Waals surface area (Å²) in [6.45, 7) is 0. The number of aliphatic imine (C=N–C) groups is 1. The number of benzene rings is 6. The molecule has 0 spiro atoms. The molecule has 0 saturated carbocycles. The molecular formula is C40H28N4O. The second-order valence-corrected chi connectivity index (χ2v) is 11.5. The normalized spacial score (nSPS) is 16.7. The van der Waals surface area contributed by atoms with Crippen molar-refractivity contribution in [3.05, 3.63) is 162 Å². The number of amidine groups is 1. The maximum Gasteiger partial charge on any atom is 0.153 e. The zero-order chi connectivity index (χ0) is 29.7. The summed E-state index contributed by atoms with van der Waals surface area (Å²) < 4.78 is 6.59. The van der Waals surface area contributed by atoms with E-state index >= 15 is 0 Å². The minimum Gasteiger partial charge on any atom is -0.454 e. The maximum absolute atomic E-state index is 6.59. The van der Waals surface area contributed by atoms with Gasteiger partial charge in [-0.15, -0.1) is 0 Å². The van der Waals surface area contributed by atoms with Crippen molar-refractivity contribution in [1.29, 1.82) is 0 Å². The van der Waals surface area contributed by atoms with Gasteiger partial charge in [-0.05, 0) is 74.6 Å². The Morgan fingerprint density at radius 2 is 1.29 bits per heavy atom. The lowest BCUT2D eigenvalue weighted by molar-refractivity contribution is 0.409. The Labute approximate surface area is 259 Å². The topological polar surface area (TPSA) is 62.5 Å². The molecule has 2 N–H and O–H groups in total. The van der Waals surface area contributed by atoms with Gasteiger partial charge in [-0.2, -0.15) is 0 Å². The van der Waals surface area contributed by atoms with Crippen LogP contribution in [0.3, 0.4) is 0 Å². The van der Waals surface area contributed by atoms with Crippen LogP contribution in [-0.4, -0.2) is 10.8 Å². The lowest BCUT2D eigenvalue weighted by atomic mass is 9.96. The highest BCUT2D eigenvalue weighted by molar-refractivity contribution is 6.19. The number of rotatable bonds is 4. The van der Waals surface area contributed by atoms with E-state index < -0.39 is 0 Å². The van der Waals surface area contributed by atoms with Crippen LogP contribution < -0.4 is 10.6 Å². The third kappa shape index (κ3) is 4.44. The summed E-state index contributed by atoms with van der Waals surface area (Å²) in [4.78, 5) is 10.1. The van der Waals surface area contributed by atoms with Crippen molar-refractivity contribution in [1.82, 2.24) is 15.6 Å². The van der Waals surface area contributed by atoms with Gasteiger partial charge in [0, 0.05) is 17.3 Å². The van der Waals surface area contributed by atoms with Crippen LogP contribution in [0.2, 0.25) is 0 Å². The van der Waals surface area contributed by atoms with E-state index in [9.17, 15) is 0 Å². The average molecular weight is 581 g/mol. The molecule has 6 aromatic carbocycles. The summed E-state index contributed by atoms with van der Waals surface area (Å²) in [5.41, 5.74) is 7.70.